The van der Waals surface area contributed by atoms with Gasteiger partial charge in [-0.05, 0) is 54.3 Å². The molecule has 0 fully saturated rings. The van der Waals surface area contributed by atoms with Crippen LogP contribution in [0, 0.1) is 5.82 Å². The lowest BCUT2D eigenvalue weighted by Gasteiger charge is -2.10. The second-order valence-corrected chi connectivity index (χ2v) is 8.49. The van der Waals surface area contributed by atoms with Gasteiger partial charge in [0.15, 0.2) is 0 Å². The SMILES string of the molecule is O=C(Nc1ccc2cn(Cc3ccc(F)cc3)nc2c1)C1=C(O)C(CCc2ccccc2)NC1=O. The van der Waals surface area contributed by atoms with Crippen LogP contribution < -0.4 is 10.6 Å². The van der Waals surface area contributed by atoms with Crippen molar-refractivity contribution in [2.75, 3.05) is 5.32 Å². The molecular weight excluding hydrogens is 447 g/mol. The van der Waals surface area contributed by atoms with E-state index in [4.69, 9.17) is 0 Å². The van der Waals surface area contributed by atoms with E-state index in [1.54, 1.807) is 28.9 Å². The number of carbonyl (C=O) groups is 2. The maximum absolute atomic E-state index is 13.1. The number of nitrogens with zero attached hydrogens (tertiary/aromatic N) is 2. The summed E-state index contributed by atoms with van der Waals surface area (Å²) in [6, 6.07) is 20.6. The predicted octanol–water partition coefficient (Wildman–Crippen LogP) is 4.11. The van der Waals surface area contributed by atoms with Gasteiger partial charge in [-0.3, -0.25) is 14.3 Å². The average molecular weight is 471 g/mol. The van der Waals surface area contributed by atoms with Crippen LogP contribution in [-0.2, 0) is 22.6 Å². The number of halogens is 1. The number of amides is 2. The van der Waals surface area contributed by atoms with Crippen LogP contribution in [0.1, 0.15) is 17.5 Å². The van der Waals surface area contributed by atoms with E-state index in [9.17, 15) is 19.1 Å². The molecule has 3 aromatic carbocycles. The third-order valence-corrected chi connectivity index (χ3v) is 5.98. The highest BCUT2D eigenvalue weighted by atomic mass is 19.1. The molecule has 0 spiro atoms. The van der Waals surface area contributed by atoms with E-state index in [0.29, 0.717) is 30.6 Å². The van der Waals surface area contributed by atoms with Crippen LogP contribution in [0.3, 0.4) is 0 Å². The molecule has 0 saturated carbocycles. The van der Waals surface area contributed by atoms with E-state index in [-0.39, 0.29) is 17.1 Å². The minimum atomic E-state index is -0.674. The van der Waals surface area contributed by atoms with Gasteiger partial charge in [-0.25, -0.2) is 4.39 Å². The molecule has 0 saturated heterocycles. The Morgan fingerprint density at radius 1 is 1.06 bits per heavy atom. The van der Waals surface area contributed by atoms with E-state index in [2.05, 4.69) is 15.7 Å². The summed E-state index contributed by atoms with van der Waals surface area (Å²) in [6.07, 6.45) is 3.00. The molecule has 0 aliphatic carbocycles. The standard InChI is InChI=1S/C27H23FN4O3/c28-20-10-6-18(7-11-20)15-32-16-19-9-12-21(14-23(19)31-32)29-26(34)24-25(33)22(30-27(24)35)13-8-17-4-2-1-3-5-17/h1-7,9-12,14,16,22,33H,8,13,15H2,(H,29,34)(H,30,35). The molecule has 1 unspecified atom stereocenters. The third kappa shape index (κ3) is 4.91. The summed E-state index contributed by atoms with van der Waals surface area (Å²) in [5.41, 5.74) is 2.82. The summed E-state index contributed by atoms with van der Waals surface area (Å²) in [4.78, 5) is 25.2. The predicted molar refractivity (Wildman–Crippen MR) is 130 cm³/mol. The molecule has 1 aromatic heterocycles. The molecular formula is C27H23FN4O3. The van der Waals surface area contributed by atoms with Gasteiger partial charge in [-0.1, -0.05) is 42.5 Å². The molecule has 8 heteroatoms. The van der Waals surface area contributed by atoms with Crippen LogP contribution in [0.5, 0.6) is 0 Å². The number of nitrogens with one attached hydrogen (secondary N) is 2. The van der Waals surface area contributed by atoms with Crippen LogP contribution in [0.4, 0.5) is 10.1 Å². The van der Waals surface area contributed by atoms with Gasteiger partial charge in [0.05, 0.1) is 18.1 Å². The summed E-state index contributed by atoms with van der Waals surface area (Å²) in [5, 5.41) is 21.3. The van der Waals surface area contributed by atoms with Crippen LogP contribution in [0.2, 0.25) is 0 Å². The lowest BCUT2D eigenvalue weighted by molar-refractivity contribution is -0.120. The van der Waals surface area contributed by atoms with E-state index >= 15 is 0 Å². The van der Waals surface area contributed by atoms with Crippen molar-refractivity contribution in [3.8, 4) is 0 Å². The van der Waals surface area contributed by atoms with Gasteiger partial charge in [0.2, 0.25) is 0 Å². The Hall–Kier alpha value is -4.46. The molecule has 1 atom stereocenters. The van der Waals surface area contributed by atoms with E-state index in [1.165, 1.54) is 12.1 Å². The summed E-state index contributed by atoms with van der Waals surface area (Å²) < 4.78 is 14.9. The highest BCUT2D eigenvalue weighted by molar-refractivity contribution is 6.24. The molecule has 1 aliphatic rings. The van der Waals surface area contributed by atoms with Crippen molar-refractivity contribution in [1.82, 2.24) is 15.1 Å². The number of aliphatic hydroxyl groups excluding tert-OH is 1. The highest BCUT2D eigenvalue weighted by Gasteiger charge is 2.35. The first-order valence-electron chi connectivity index (χ1n) is 11.3. The molecule has 7 nitrogen and oxygen atoms in total. The first-order valence-corrected chi connectivity index (χ1v) is 11.3. The highest BCUT2D eigenvalue weighted by Crippen LogP contribution is 2.23. The fourth-order valence-corrected chi connectivity index (χ4v) is 4.17. The number of anilines is 1. The first-order chi connectivity index (χ1) is 17.0. The fourth-order valence-electron chi connectivity index (χ4n) is 4.17. The van der Waals surface area contributed by atoms with Gasteiger partial charge in [0.25, 0.3) is 11.8 Å². The van der Waals surface area contributed by atoms with Crippen molar-refractivity contribution in [3.05, 3.63) is 107 Å². The molecule has 1 aliphatic heterocycles. The van der Waals surface area contributed by atoms with Gasteiger partial charge < -0.3 is 15.7 Å². The number of aliphatic hydroxyl groups is 1. The summed E-state index contributed by atoms with van der Waals surface area (Å²) in [6.45, 7) is 0.474. The smallest absolute Gasteiger partial charge is 0.264 e. The first kappa shape index (κ1) is 22.3. The minimum absolute atomic E-state index is 0.243. The van der Waals surface area contributed by atoms with E-state index < -0.39 is 17.9 Å². The number of hydrogen-bond donors (Lipinski definition) is 3. The number of benzene rings is 3. The topological polar surface area (TPSA) is 96.2 Å². The lowest BCUT2D eigenvalue weighted by Crippen LogP contribution is -2.30. The monoisotopic (exact) mass is 470 g/mol. The van der Waals surface area contributed by atoms with Gasteiger partial charge in [-0.2, -0.15) is 5.10 Å². The van der Waals surface area contributed by atoms with Crippen LogP contribution in [0.25, 0.3) is 10.9 Å². The Bertz CT molecular complexity index is 1430. The zero-order valence-electron chi connectivity index (χ0n) is 18.7. The molecule has 0 radical (unpaired) electrons. The minimum Gasteiger partial charge on any atom is -0.509 e. The Kier molecular flexibility index (Phi) is 6.01. The number of aromatic nitrogens is 2. The van der Waals surface area contributed by atoms with Crippen molar-refractivity contribution < 1.29 is 19.1 Å². The maximum atomic E-state index is 13.1. The molecule has 35 heavy (non-hydrogen) atoms. The van der Waals surface area contributed by atoms with Gasteiger partial charge in [-0.15, -0.1) is 0 Å². The summed E-state index contributed by atoms with van der Waals surface area (Å²) >= 11 is 0. The number of fused-ring (bicyclic) bond motifs is 1. The summed E-state index contributed by atoms with van der Waals surface area (Å²) in [7, 11) is 0. The zero-order chi connectivity index (χ0) is 24.4. The van der Waals surface area contributed by atoms with Crippen molar-refractivity contribution in [2.45, 2.75) is 25.4 Å². The molecule has 0 bridgehead atoms. The van der Waals surface area contributed by atoms with E-state index in [0.717, 1.165) is 16.5 Å². The number of rotatable bonds is 7. The lowest BCUT2D eigenvalue weighted by atomic mass is 10.0. The van der Waals surface area contributed by atoms with Crippen molar-refractivity contribution in [1.29, 1.82) is 0 Å². The number of carbonyl (C=O) groups excluding carboxylic acids is 2. The van der Waals surface area contributed by atoms with Crippen LogP contribution in [-0.4, -0.2) is 32.7 Å². The van der Waals surface area contributed by atoms with Crippen molar-refractivity contribution >= 4 is 28.4 Å². The fraction of sp³-hybridized carbons (Fsp3) is 0.148. The normalized spacial score (nSPS) is 15.5. The third-order valence-electron chi connectivity index (χ3n) is 5.98. The van der Waals surface area contributed by atoms with Crippen LogP contribution in [0.15, 0.2) is 90.3 Å². The van der Waals surface area contributed by atoms with Crippen molar-refractivity contribution in [3.63, 3.8) is 0 Å². The number of hydrogen-bond acceptors (Lipinski definition) is 4. The summed E-state index contributed by atoms with van der Waals surface area (Å²) in [5.74, 6) is -1.80. The molecule has 2 heterocycles. The molecule has 176 valence electrons. The zero-order valence-corrected chi connectivity index (χ0v) is 18.7. The maximum Gasteiger partial charge on any atom is 0.264 e. The molecule has 3 N–H and O–H groups in total. The van der Waals surface area contributed by atoms with Crippen molar-refractivity contribution in [2.24, 2.45) is 0 Å². The van der Waals surface area contributed by atoms with Gasteiger partial charge >= 0.3 is 0 Å². The van der Waals surface area contributed by atoms with Crippen LogP contribution >= 0.6 is 0 Å². The Balaban J connectivity index is 1.27. The largest absolute Gasteiger partial charge is 0.509 e. The molecule has 4 aromatic rings. The molecule has 5 rings (SSSR count). The molecule has 2 amide bonds. The second kappa shape index (κ2) is 9.42. The van der Waals surface area contributed by atoms with Gasteiger partial charge in [0, 0.05) is 17.3 Å². The quantitative estimate of drug-likeness (QED) is 0.354. The number of aryl methyl sites for hydroxylation is 1. The Labute approximate surface area is 200 Å². The van der Waals surface area contributed by atoms with E-state index in [1.807, 2.05) is 42.6 Å². The van der Waals surface area contributed by atoms with Gasteiger partial charge in [0.1, 0.15) is 17.1 Å². The second-order valence-electron chi connectivity index (χ2n) is 8.49. The average Bonchev–Trinajstić information content (AvgIpc) is 3.38. The Morgan fingerprint density at radius 2 is 1.83 bits per heavy atom. The Morgan fingerprint density at radius 3 is 2.60 bits per heavy atom.